The summed E-state index contributed by atoms with van der Waals surface area (Å²) in [6, 6.07) is 18.3. The van der Waals surface area contributed by atoms with Crippen molar-refractivity contribution in [2.24, 2.45) is 0 Å². The molecule has 0 unspecified atom stereocenters. The van der Waals surface area contributed by atoms with E-state index in [9.17, 15) is 0 Å². The first-order chi connectivity index (χ1) is 14.9. The Morgan fingerprint density at radius 1 is 0.688 bits per heavy atom. The molecule has 4 aromatic rings. The van der Waals surface area contributed by atoms with E-state index in [0.717, 1.165) is 0 Å². The van der Waals surface area contributed by atoms with Crippen molar-refractivity contribution in [2.45, 2.75) is 67.2 Å². The van der Waals surface area contributed by atoms with E-state index in [-0.39, 0.29) is 11.0 Å². The second-order valence-electron chi connectivity index (χ2n) is 8.37. The Morgan fingerprint density at radius 3 is 1.34 bits per heavy atom. The zero-order valence-electron chi connectivity index (χ0n) is 20.7. The van der Waals surface area contributed by atoms with Crippen LogP contribution in [-0.2, 0) is 33.7 Å². The molecule has 0 fully saturated rings. The third-order valence-electron chi connectivity index (χ3n) is 5.72. The van der Waals surface area contributed by atoms with E-state index < -0.39 is 20.8 Å². The molecule has 0 aromatic heterocycles. The van der Waals surface area contributed by atoms with Gasteiger partial charge in [0.15, 0.2) is 0 Å². The quantitative estimate of drug-likeness (QED) is 0.173. The van der Waals surface area contributed by atoms with E-state index >= 15 is 0 Å². The molecule has 0 saturated carbocycles. The smallest absolute Gasteiger partial charge is 0.0125 e. The van der Waals surface area contributed by atoms with Crippen LogP contribution in [0.3, 0.4) is 0 Å². The van der Waals surface area contributed by atoms with Crippen LogP contribution in [0.1, 0.15) is 60.1 Å². The van der Waals surface area contributed by atoms with Crippen LogP contribution < -0.4 is 0 Å². The van der Waals surface area contributed by atoms with Gasteiger partial charge < -0.3 is 0 Å². The summed E-state index contributed by atoms with van der Waals surface area (Å²) in [5.74, 6) is 0. The predicted octanol–water partition coefficient (Wildman–Crippen LogP) is 8.45. The van der Waals surface area contributed by atoms with Crippen LogP contribution in [-0.4, -0.2) is 11.0 Å². The minimum Gasteiger partial charge on any atom is -0.0125 e. The molecule has 0 atom stereocenters. The maximum atomic E-state index is 4.93. The van der Waals surface area contributed by atoms with E-state index in [0.29, 0.717) is 0 Å². The van der Waals surface area contributed by atoms with Crippen molar-refractivity contribution >= 4 is 49.5 Å². The third kappa shape index (κ3) is 7.69. The summed E-state index contributed by atoms with van der Waals surface area (Å²) in [6.07, 6.45) is 4.84. The van der Waals surface area contributed by atoms with Crippen LogP contribution in [0.15, 0.2) is 48.5 Å². The van der Waals surface area contributed by atoms with Gasteiger partial charge in [-0.25, -0.2) is 0 Å². The first kappa shape index (κ1) is 29.4. The van der Waals surface area contributed by atoms with E-state index in [4.69, 9.17) is 17.0 Å². The number of hydrogen-bond donors (Lipinski definition) is 0. The van der Waals surface area contributed by atoms with Gasteiger partial charge in [0.1, 0.15) is 0 Å². The van der Waals surface area contributed by atoms with E-state index in [1.807, 2.05) is 0 Å². The second-order valence-corrected chi connectivity index (χ2v) is 12.1. The van der Waals surface area contributed by atoms with Gasteiger partial charge in [0.25, 0.3) is 0 Å². The summed E-state index contributed by atoms with van der Waals surface area (Å²) in [7, 11) is 9.87. The summed E-state index contributed by atoms with van der Waals surface area (Å²) < 4.78 is 0. The average Bonchev–Trinajstić information content (AvgIpc) is 3.31. The van der Waals surface area contributed by atoms with Gasteiger partial charge in [-0.2, -0.15) is 12.1 Å². The molecule has 1 radical (unpaired) electrons. The van der Waals surface area contributed by atoms with E-state index in [1.165, 1.54) is 80.6 Å². The number of aryl methyl sites for hydroxylation is 6. The molecular formula is C28H37Cl2SiZr. The number of rotatable bonds is 4. The van der Waals surface area contributed by atoms with Crippen molar-refractivity contribution in [1.82, 2.24) is 0 Å². The number of halogens is 2. The molecule has 4 rings (SSSR count). The first-order valence-electron chi connectivity index (χ1n) is 11.1. The summed E-state index contributed by atoms with van der Waals surface area (Å²) in [5.41, 5.74) is 8.56. The van der Waals surface area contributed by atoms with E-state index in [1.54, 1.807) is 0 Å². The van der Waals surface area contributed by atoms with Crippen molar-refractivity contribution in [2.75, 3.05) is 0 Å². The SMILES string of the molecule is CCCc1ccc(C)c2[cH-]c(C)cc12.CCCc1ccc(C)c2[cH-]c(C)cc12.[Cl][Zr+2][Cl].[SiH3]. The molecule has 0 aliphatic heterocycles. The summed E-state index contributed by atoms with van der Waals surface area (Å²) in [6.45, 7) is 13.2. The molecule has 0 heterocycles. The standard InChI is InChI=1S/2C14H17.2ClH.H3Si.Zr/c2*1-4-5-12-7-6-11(3)13-8-10(2)9-14(12)13;;;;/h2*6-9H,4-5H2,1-3H3;2*1H;1H3;/q2*-1;;;;+4/p-2. The van der Waals surface area contributed by atoms with Crippen LogP contribution in [0.4, 0.5) is 0 Å². The molecule has 4 aromatic carbocycles. The average molecular weight is 564 g/mol. The molecule has 171 valence electrons. The molecular weight excluding hydrogens is 527 g/mol. The zero-order chi connectivity index (χ0) is 23.0. The minimum absolute atomic E-state index is 0. The van der Waals surface area contributed by atoms with Crippen LogP contribution in [0.2, 0.25) is 0 Å². The van der Waals surface area contributed by atoms with Crippen LogP contribution in [0.5, 0.6) is 0 Å². The summed E-state index contributed by atoms with van der Waals surface area (Å²) in [5, 5.41) is 5.80. The van der Waals surface area contributed by atoms with Crippen molar-refractivity contribution < 1.29 is 20.8 Å². The molecule has 0 nitrogen and oxygen atoms in total. The Morgan fingerprint density at radius 2 is 1.03 bits per heavy atom. The molecule has 0 N–H and O–H groups in total. The third-order valence-corrected chi connectivity index (χ3v) is 5.72. The van der Waals surface area contributed by atoms with Crippen molar-refractivity contribution in [3.63, 3.8) is 0 Å². The fraction of sp³-hybridized carbons (Fsp3) is 0.357. The predicted molar refractivity (Wildman–Crippen MR) is 148 cm³/mol. The van der Waals surface area contributed by atoms with Gasteiger partial charge in [-0.1, -0.05) is 77.6 Å². The molecule has 4 heteroatoms. The van der Waals surface area contributed by atoms with Gasteiger partial charge in [0.05, 0.1) is 0 Å². The second kappa shape index (κ2) is 14.6. The fourth-order valence-corrected chi connectivity index (χ4v) is 4.27. The Labute approximate surface area is 218 Å². The van der Waals surface area contributed by atoms with Gasteiger partial charge in [-0.15, -0.1) is 68.1 Å². The molecule has 32 heavy (non-hydrogen) atoms. The largest absolute Gasteiger partial charge is 0.0125 e. The Kier molecular flexibility index (Phi) is 13.4. The first-order valence-corrected chi connectivity index (χ1v) is 17.5. The van der Waals surface area contributed by atoms with Crippen molar-refractivity contribution in [3.05, 3.63) is 81.9 Å². The van der Waals surface area contributed by atoms with E-state index in [2.05, 4.69) is 90.1 Å². The van der Waals surface area contributed by atoms with Crippen LogP contribution in [0.25, 0.3) is 21.5 Å². The molecule has 0 amide bonds. The van der Waals surface area contributed by atoms with Gasteiger partial charge in [0, 0.05) is 0 Å². The molecule has 0 aliphatic rings. The molecule has 0 saturated heterocycles. The Hall–Kier alpha value is -0.660. The number of fused-ring (bicyclic) bond motifs is 2. The molecule has 0 bridgehead atoms. The topological polar surface area (TPSA) is 0 Å². The van der Waals surface area contributed by atoms with Gasteiger partial charge in [0.2, 0.25) is 0 Å². The molecule has 0 aliphatic carbocycles. The van der Waals surface area contributed by atoms with Gasteiger partial charge in [-0.05, 0) is 23.8 Å². The Balaban J connectivity index is 0.000000278. The van der Waals surface area contributed by atoms with Crippen molar-refractivity contribution in [1.29, 1.82) is 0 Å². The Bertz CT molecular complexity index is 1020. The van der Waals surface area contributed by atoms with Gasteiger partial charge >= 0.3 is 37.9 Å². The summed E-state index contributed by atoms with van der Waals surface area (Å²) >= 11 is -0.826. The van der Waals surface area contributed by atoms with Crippen LogP contribution in [0, 0.1) is 27.7 Å². The van der Waals surface area contributed by atoms with Crippen molar-refractivity contribution in [3.8, 4) is 0 Å². The summed E-state index contributed by atoms with van der Waals surface area (Å²) in [4.78, 5) is 0. The van der Waals surface area contributed by atoms with Crippen LogP contribution >= 0.6 is 17.0 Å². The number of benzene rings is 2. The normalized spacial score (nSPS) is 10.0. The maximum absolute atomic E-state index is 4.93. The molecule has 0 spiro atoms. The number of hydrogen-bond acceptors (Lipinski definition) is 0. The fourth-order valence-electron chi connectivity index (χ4n) is 4.27. The zero-order valence-corrected chi connectivity index (χ0v) is 26.7. The maximum Gasteiger partial charge on any atom is -0.0125 e. The van der Waals surface area contributed by atoms with Gasteiger partial charge in [-0.3, -0.25) is 0 Å². The monoisotopic (exact) mass is 561 g/mol. The minimum atomic E-state index is -0.826.